The van der Waals surface area contributed by atoms with E-state index in [1.54, 1.807) is 30.3 Å². The number of aromatic nitrogens is 3. The number of ether oxygens (including phenoxy) is 1. The van der Waals surface area contributed by atoms with Gasteiger partial charge in [0.25, 0.3) is 0 Å². The predicted molar refractivity (Wildman–Crippen MR) is 113 cm³/mol. The molecule has 1 amide bonds. The molecule has 0 saturated heterocycles. The maximum Gasteiger partial charge on any atom is 0.234 e. The minimum Gasteiger partial charge on any atom is -0.486 e. The smallest absolute Gasteiger partial charge is 0.234 e. The zero-order chi connectivity index (χ0) is 20.1. The van der Waals surface area contributed by atoms with E-state index in [0.717, 1.165) is 5.56 Å². The molecule has 0 fully saturated rings. The van der Waals surface area contributed by atoms with Gasteiger partial charge in [-0.3, -0.25) is 9.89 Å². The topological polar surface area (TPSA) is 79.9 Å². The third kappa shape index (κ3) is 5.54. The number of H-pyrrole nitrogens is 1. The number of carbonyl (C=O) groups is 1. The number of carbonyl (C=O) groups excluding carboxylic acids is 1. The number of nitrogens with one attached hydrogen (secondary N) is 2. The van der Waals surface area contributed by atoms with Crippen LogP contribution < -0.4 is 10.1 Å². The Hall–Kier alpha value is -1.93. The second kappa shape index (κ2) is 9.52. The van der Waals surface area contributed by atoms with E-state index >= 15 is 0 Å². The Bertz CT molecular complexity index is 997. The minimum absolute atomic E-state index is 0.122. The van der Waals surface area contributed by atoms with E-state index in [0.29, 0.717) is 37.5 Å². The molecule has 0 aliphatic rings. The number of anilines is 1. The van der Waals surface area contributed by atoms with Gasteiger partial charge in [-0.25, -0.2) is 4.98 Å². The summed E-state index contributed by atoms with van der Waals surface area (Å²) in [7, 11) is 0. The number of aromatic amines is 1. The summed E-state index contributed by atoms with van der Waals surface area (Å²) in [6.07, 6.45) is 0. The van der Waals surface area contributed by atoms with Gasteiger partial charge in [-0.2, -0.15) is 0 Å². The first-order valence-corrected chi connectivity index (χ1v) is 10.2. The molecule has 0 atom stereocenters. The Kier molecular flexibility index (Phi) is 7.07. The molecule has 146 valence electrons. The number of hydrogen-bond donors (Lipinski definition) is 2. The quantitative estimate of drug-likeness (QED) is 0.465. The monoisotopic (exact) mass is 456 g/mol. The molecule has 0 radical (unpaired) electrons. The lowest BCUT2D eigenvalue weighted by Crippen LogP contribution is -2.14. The first-order chi connectivity index (χ1) is 13.4. The number of benzene rings is 2. The number of halogens is 3. The molecule has 0 bridgehead atoms. The zero-order valence-corrected chi connectivity index (χ0v) is 17.7. The molecule has 28 heavy (non-hydrogen) atoms. The predicted octanol–water partition coefficient (Wildman–Crippen LogP) is 5.38. The van der Waals surface area contributed by atoms with Gasteiger partial charge in [-0.1, -0.05) is 52.6 Å². The number of aryl methyl sites for hydroxylation is 1. The SMILES string of the molecule is Cc1cc(OCc2nc(SCC(=O)Nc3cccc(Cl)c3Cl)n[nH]2)ccc1Cl. The molecule has 0 spiro atoms. The van der Waals surface area contributed by atoms with Crippen LogP contribution in [0.1, 0.15) is 11.4 Å². The van der Waals surface area contributed by atoms with Crippen molar-refractivity contribution in [3.63, 3.8) is 0 Å². The highest BCUT2D eigenvalue weighted by Gasteiger charge is 2.11. The van der Waals surface area contributed by atoms with Crippen LogP contribution in [0.2, 0.25) is 15.1 Å². The van der Waals surface area contributed by atoms with Crippen LogP contribution in [0.15, 0.2) is 41.6 Å². The number of nitrogens with zero attached hydrogens (tertiary/aromatic N) is 2. The summed E-state index contributed by atoms with van der Waals surface area (Å²) in [5.74, 6) is 1.12. The lowest BCUT2D eigenvalue weighted by Gasteiger charge is -2.07. The summed E-state index contributed by atoms with van der Waals surface area (Å²) in [5.41, 5.74) is 1.39. The fourth-order valence-electron chi connectivity index (χ4n) is 2.18. The van der Waals surface area contributed by atoms with Crippen molar-refractivity contribution in [1.82, 2.24) is 15.2 Å². The molecule has 0 saturated carbocycles. The van der Waals surface area contributed by atoms with Gasteiger partial charge in [0.1, 0.15) is 12.4 Å². The highest BCUT2D eigenvalue weighted by Crippen LogP contribution is 2.29. The van der Waals surface area contributed by atoms with E-state index in [4.69, 9.17) is 39.5 Å². The summed E-state index contributed by atoms with van der Waals surface area (Å²) in [6.45, 7) is 2.12. The van der Waals surface area contributed by atoms with Gasteiger partial charge in [0.2, 0.25) is 11.1 Å². The van der Waals surface area contributed by atoms with E-state index in [9.17, 15) is 4.79 Å². The lowest BCUT2D eigenvalue weighted by atomic mass is 10.2. The van der Waals surface area contributed by atoms with E-state index in [1.165, 1.54) is 11.8 Å². The molecular weight excluding hydrogens is 443 g/mol. The summed E-state index contributed by atoms with van der Waals surface area (Å²) < 4.78 is 5.66. The Morgan fingerprint density at radius 3 is 2.82 bits per heavy atom. The molecule has 0 aliphatic carbocycles. The third-order valence-corrected chi connectivity index (χ3v) is 5.66. The Morgan fingerprint density at radius 2 is 2.04 bits per heavy atom. The molecule has 6 nitrogen and oxygen atoms in total. The van der Waals surface area contributed by atoms with Crippen molar-refractivity contribution in [2.75, 3.05) is 11.1 Å². The van der Waals surface area contributed by atoms with E-state index in [2.05, 4.69) is 20.5 Å². The highest BCUT2D eigenvalue weighted by atomic mass is 35.5. The molecule has 2 aromatic carbocycles. The Balaban J connectivity index is 1.49. The number of thioether (sulfide) groups is 1. The van der Waals surface area contributed by atoms with Crippen molar-refractivity contribution in [1.29, 1.82) is 0 Å². The van der Waals surface area contributed by atoms with Crippen molar-refractivity contribution in [2.24, 2.45) is 0 Å². The molecule has 1 aromatic heterocycles. The highest BCUT2D eigenvalue weighted by molar-refractivity contribution is 7.99. The fourth-order valence-corrected chi connectivity index (χ4v) is 3.26. The molecule has 3 rings (SSSR count). The zero-order valence-electron chi connectivity index (χ0n) is 14.6. The van der Waals surface area contributed by atoms with Gasteiger partial charge < -0.3 is 10.1 Å². The summed E-state index contributed by atoms with van der Waals surface area (Å²) >= 11 is 19.2. The van der Waals surface area contributed by atoms with E-state index < -0.39 is 0 Å². The number of amides is 1. The maximum atomic E-state index is 12.1. The normalized spacial score (nSPS) is 10.7. The van der Waals surface area contributed by atoms with Crippen LogP contribution in [0.3, 0.4) is 0 Å². The molecule has 3 aromatic rings. The van der Waals surface area contributed by atoms with Crippen LogP contribution in [-0.2, 0) is 11.4 Å². The molecule has 1 heterocycles. The Morgan fingerprint density at radius 1 is 1.21 bits per heavy atom. The minimum atomic E-state index is -0.242. The van der Waals surface area contributed by atoms with Crippen LogP contribution in [0.5, 0.6) is 5.75 Å². The van der Waals surface area contributed by atoms with Crippen molar-refractivity contribution in [2.45, 2.75) is 18.7 Å². The second-order valence-electron chi connectivity index (χ2n) is 5.70. The number of rotatable bonds is 7. The molecule has 0 unspecified atom stereocenters. The molecular formula is C18H15Cl3N4O2S. The first-order valence-electron chi connectivity index (χ1n) is 8.09. The molecule has 10 heteroatoms. The van der Waals surface area contributed by atoms with Gasteiger partial charge in [0, 0.05) is 5.02 Å². The first kappa shape index (κ1) is 20.8. The summed E-state index contributed by atoms with van der Waals surface area (Å²) in [6, 6.07) is 10.4. The van der Waals surface area contributed by atoms with Crippen molar-refractivity contribution in [3.8, 4) is 5.75 Å². The second-order valence-corrected chi connectivity index (χ2v) is 7.84. The van der Waals surface area contributed by atoms with Gasteiger partial charge in [-0.05, 0) is 42.8 Å². The average Bonchev–Trinajstić information content (AvgIpc) is 3.13. The standard InChI is InChI=1S/C18H15Cl3N4O2S/c1-10-7-11(5-6-12(10)19)27-8-15-23-18(25-24-15)28-9-16(26)22-14-4-2-3-13(20)17(14)21/h2-7H,8-9H2,1H3,(H,22,26)(H,23,24,25). The third-order valence-electron chi connectivity index (χ3n) is 3.57. The van der Waals surface area contributed by atoms with Gasteiger partial charge in [-0.15, -0.1) is 5.10 Å². The van der Waals surface area contributed by atoms with E-state index in [-0.39, 0.29) is 18.3 Å². The summed E-state index contributed by atoms with van der Waals surface area (Å²) in [5, 5.41) is 11.4. The van der Waals surface area contributed by atoms with Crippen molar-refractivity contribution < 1.29 is 9.53 Å². The van der Waals surface area contributed by atoms with Gasteiger partial charge in [0.15, 0.2) is 5.82 Å². The Labute approximate surface area is 180 Å². The van der Waals surface area contributed by atoms with Gasteiger partial charge >= 0.3 is 0 Å². The van der Waals surface area contributed by atoms with Crippen LogP contribution in [0.4, 0.5) is 5.69 Å². The van der Waals surface area contributed by atoms with Crippen molar-refractivity contribution in [3.05, 3.63) is 62.9 Å². The van der Waals surface area contributed by atoms with Crippen LogP contribution in [-0.4, -0.2) is 26.8 Å². The molecule has 2 N–H and O–H groups in total. The maximum absolute atomic E-state index is 12.1. The van der Waals surface area contributed by atoms with Crippen LogP contribution >= 0.6 is 46.6 Å². The van der Waals surface area contributed by atoms with Crippen LogP contribution in [0, 0.1) is 6.92 Å². The van der Waals surface area contributed by atoms with Gasteiger partial charge in [0.05, 0.1) is 21.5 Å². The van der Waals surface area contributed by atoms with Crippen LogP contribution in [0.25, 0.3) is 0 Å². The largest absolute Gasteiger partial charge is 0.486 e. The van der Waals surface area contributed by atoms with E-state index in [1.807, 2.05) is 13.0 Å². The van der Waals surface area contributed by atoms with Crippen molar-refractivity contribution >= 4 is 58.2 Å². The molecule has 0 aliphatic heterocycles. The average molecular weight is 458 g/mol. The fraction of sp³-hybridized carbons (Fsp3) is 0.167. The number of hydrogen-bond acceptors (Lipinski definition) is 5. The lowest BCUT2D eigenvalue weighted by molar-refractivity contribution is -0.113. The summed E-state index contributed by atoms with van der Waals surface area (Å²) in [4.78, 5) is 16.4.